The molecule has 92 valence electrons. The van der Waals surface area contributed by atoms with E-state index in [1.54, 1.807) is 0 Å². The van der Waals surface area contributed by atoms with Crippen LogP contribution in [0, 0.1) is 0 Å². The Hall–Kier alpha value is -0.100. The van der Waals surface area contributed by atoms with Crippen molar-refractivity contribution in [3.63, 3.8) is 0 Å². The summed E-state index contributed by atoms with van der Waals surface area (Å²) < 4.78 is 0. The molecule has 0 aromatic rings. The van der Waals surface area contributed by atoms with Gasteiger partial charge < -0.3 is 15.1 Å². The molecular formula is C10H22NNaO4. The van der Waals surface area contributed by atoms with Crippen LogP contribution in [0.25, 0.3) is 0 Å². The van der Waals surface area contributed by atoms with Crippen molar-refractivity contribution in [1.82, 2.24) is 4.90 Å². The molecule has 0 heterocycles. The molecule has 0 bridgehead atoms. The van der Waals surface area contributed by atoms with Crippen molar-refractivity contribution in [1.29, 1.82) is 0 Å². The van der Waals surface area contributed by atoms with E-state index in [1.165, 1.54) is 19.6 Å². The maximum absolute atomic E-state index is 9.64. The van der Waals surface area contributed by atoms with E-state index in [9.17, 15) is 9.59 Å². The van der Waals surface area contributed by atoms with Gasteiger partial charge in [-0.2, -0.15) is 0 Å². The summed E-state index contributed by atoms with van der Waals surface area (Å²) in [6.45, 7) is 10.1. The number of carboxylic acids is 2. The summed E-state index contributed by atoms with van der Waals surface area (Å²) >= 11 is 0. The van der Waals surface area contributed by atoms with Gasteiger partial charge in [0.2, 0.25) is 0 Å². The molecule has 0 aliphatic heterocycles. The summed E-state index contributed by atoms with van der Waals surface area (Å²) in [5.41, 5.74) is 0. The van der Waals surface area contributed by atoms with Crippen LogP contribution in [-0.2, 0) is 9.59 Å². The van der Waals surface area contributed by atoms with E-state index >= 15 is 0 Å². The Morgan fingerprint density at radius 2 is 1.12 bits per heavy atom. The summed E-state index contributed by atoms with van der Waals surface area (Å²) in [7, 11) is 0. The summed E-state index contributed by atoms with van der Waals surface area (Å²) in [5.74, 6) is -2.15. The first-order valence-electron chi connectivity index (χ1n) is 5.13. The third-order valence-corrected chi connectivity index (χ3v) is 1.89. The van der Waals surface area contributed by atoms with E-state index in [2.05, 4.69) is 25.7 Å². The van der Waals surface area contributed by atoms with E-state index in [4.69, 9.17) is 10.2 Å². The number of hydrogen-bond acceptors (Lipinski definition) is 3. The van der Waals surface area contributed by atoms with Gasteiger partial charge in [-0.3, -0.25) is 9.59 Å². The monoisotopic (exact) mass is 243 g/mol. The molecule has 0 amide bonds. The molecule has 0 radical (unpaired) electrons. The van der Waals surface area contributed by atoms with Crippen molar-refractivity contribution in [3.8, 4) is 0 Å². The Morgan fingerprint density at radius 3 is 1.19 bits per heavy atom. The number of carbonyl (C=O) groups is 2. The van der Waals surface area contributed by atoms with Gasteiger partial charge in [0.1, 0.15) is 0 Å². The molecule has 2 N–H and O–H groups in total. The van der Waals surface area contributed by atoms with Crippen LogP contribution in [0.5, 0.6) is 0 Å². The van der Waals surface area contributed by atoms with E-state index in [-0.39, 0.29) is 42.4 Å². The van der Waals surface area contributed by atoms with Crippen molar-refractivity contribution in [3.05, 3.63) is 0 Å². The van der Waals surface area contributed by atoms with Gasteiger partial charge in [-0.25, -0.2) is 0 Å². The Labute approximate surface area is 119 Å². The third kappa shape index (κ3) is 19.5. The molecule has 0 rings (SSSR count). The zero-order chi connectivity index (χ0) is 12.3. The standard InChI is InChI=1S/C6H15N.C4H6O4.Na.H/c1-4-7(5-2)6-3;5-3(6)1-2-4(7)8;;/h4-6H2,1-3H3;1-2H2,(H,5,6)(H,7,8);;. The third-order valence-electron chi connectivity index (χ3n) is 1.89. The molecule has 0 spiro atoms. The molecule has 0 aliphatic carbocycles. The van der Waals surface area contributed by atoms with Crippen LogP contribution in [0.4, 0.5) is 0 Å². The van der Waals surface area contributed by atoms with Crippen LogP contribution in [0.2, 0.25) is 0 Å². The topological polar surface area (TPSA) is 77.8 Å². The van der Waals surface area contributed by atoms with Crippen LogP contribution in [0.1, 0.15) is 33.6 Å². The maximum atomic E-state index is 9.64. The molecule has 0 atom stereocenters. The summed E-state index contributed by atoms with van der Waals surface area (Å²) in [6.07, 6.45) is -0.593. The first-order valence-corrected chi connectivity index (χ1v) is 5.13. The SMILES string of the molecule is CCN(CC)CC.O=C(O)CCC(=O)O.[NaH]. The molecule has 0 unspecified atom stereocenters. The molecule has 0 aromatic heterocycles. The van der Waals surface area contributed by atoms with Gasteiger partial charge in [0.05, 0.1) is 12.8 Å². The number of hydrogen-bond donors (Lipinski definition) is 2. The van der Waals surface area contributed by atoms with E-state index in [0.29, 0.717) is 0 Å². The number of nitrogens with zero attached hydrogens (tertiary/aromatic N) is 1. The first kappa shape index (κ1) is 21.2. The molecule has 0 fully saturated rings. The van der Waals surface area contributed by atoms with Crippen LogP contribution in [0.15, 0.2) is 0 Å². The average Bonchev–Trinajstić information content (AvgIpc) is 2.18. The fourth-order valence-corrected chi connectivity index (χ4v) is 0.885. The second-order valence-electron chi connectivity index (χ2n) is 2.91. The molecule has 5 nitrogen and oxygen atoms in total. The van der Waals surface area contributed by atoms with Gasteiger partial charge in [0, 0.05) is 0 Å². The van der Waals surface area contributed by atoms with E-state index in [1.807, 2.05) is 0 Å². The van der Waals surface area contributed by atoms with Gasteiger partial charge in [0.15, 0.2) is 0 Å². The van der Waals surface area contributed by atoms with Gasteiger partial charge in [-0.15, -0.1) is 0 Å². The van der Waals surface area contributed by atoms with Gasteiger partial charge in [-0.05, 0) is 19.6 Å². The van der Waals surface area contributed by atoms with Crippen LogP contribution in [0.3, 0.4) is 0 Å². The minimum atomic E-state index is -1.08. The van der Waals surface area contributed by atoms with Crippen molar-refractivity contribution in [2.24, 2.45) is 0 Å². The summed E-state index contributed by atoms with van der Waals surface area (Å²) in [6, 6.07) is 0. The van der Waals surface area contributed by atoms with E-state index < -0.39 is 11.9 Å². The quantitative estimate of drug-likeness (QED) is 0.669. The normalized spacial score (nSPS) is 8.75. The minimum absolute atomic E-state index is 0. The van der Waals surface area contributed by atoms with Gasteiger partial charge >= 0.3 is 41.5 Å². The van der Waals surface area contributed by atoms with Crippen molar-refractivity contribution in [2.75, 3.05) is 19.6 Å². The molecule has 6 heteroatoms. The predicted octanol–water partition coefficient (Wildman–Crippen LogP) is 0.635. The molecule has 0 aliphatic rings. The average molecular weight is 243 g/mol. The molecular weight excluding hydrogens is 221 g/mol. The van der Waals surface area contributed by atoms with Gasteiger partial charge in [-0.1, -0.05) is 20.8 Å². The fourth-order valence-electron chi connectivity index (χ4n) is 0.885. The molecule has 0 saturated heterocycles. The van der Waals surface area contributed by atoms with E-state index in [0.717, 1.165) is 0 Å². The Bertz CT molecular complexity index is 164. The van der Waals surface area contributed by atoms with Crippen molar-refractivity contribution < 1.29 is 19.8 Å². The predicted molar refractivity (Wildman–Crippen MR) is 65.1 cm³/mol. The second kappa shape index (κ2) is 14.9. The van der Waals surface area contributed by atoms with Crippen LogP contribution >= 0.6 is 0 Å². The van der Waals surface area contributed by atoms with Crippen LogP contribution in [-0.4, -0.2) is 76.2 Å². The second-order valence-corrected chi connectivity index (χ2v) is 2.91. The van der Waals surface area contributed by atoms with Crippen molar-refractivity contribution >= 4 is 41.5 Å². The summed E-state index contributed by atoms with van der Waals surface area (Å²) in [5, 5.41) is 15.8. The zero-order valence-electron chi connectivity index (χ0n) is 9.69. The van der Waals surface area contributed by atoms with Crippen molar-refractivity contribution in [2.45, 2.75) is 33.6 Å². The first-order chi connectivity index (χ1) is 6.97. The van der Waals surface area contributed by atoms with Gasteiger partial charge in [0.25, 0.3) is 0 Å². The zero-order valence-corrected chi connectivity index (χ0v) is 9.69. The fraction of sp³-hybridized carbons (Fsp3) is 0.800. The Balaban J connectivity index is -0.000000200. The molecule has 16 heavy (non-hydrogen) atoms. The molecule has 0 aromatic carbocycles. The molecule has 0 saturated carbocycles. The van der Waals surface area contributed by atoms with Crippen LogP contribution < -0.4 is 0 Å². The Kier molecular flexibility index (Phi) is 19.8. The number of rotatable bonds is 6. The Morgan fingerprint density at radius 1 is 0.875 bits per heavy atom. The summed E-state index contributed by atoms with van der Waals surface area (Å²) in [4.78, 5) is 21.7. The number of aliphatic carboxylic acids is 2. The number of carboxylic acid groups (broad SMARTS) is 2.